The minimum absolute atomic E-state index is 0. The van der Waals surface area contributed by atoms with Crippen LogP contribution in [0.15, 0.2) is 24.3 Å². The molecule has 0 aliphatic carbocycles. The monoisotopic (exact) mass is 268 g/mol. The van der Waals surface area contributed by atoms with Gasteiger partial charge in [-0.25, -0.2) is 4.98 Å². The summed E-state index contributed by atoms with van der Waals surface area (Å²) in [6.07, 6.45) is 0. The molecule has 18 heavy (non-hydrogen) atoms. The van der Waals surface area contributed by atoms with Gasteiger partial charge in [0.1, 0.15) is 0 Å². The number of amides is 1. The maximum absolute atomic E-state index is 11.5. The van der Waals surface area contributed by atoms with E-state index < -0.39 is 0 Å². The summed E-state index contributed by atoms with van der Waals surface area (Å²) in [4.78, 5) is 15.9. The number of hydrogen-bond acceptors (Lipinski definition) is 3. The van der Waals surface area contributed by atoms with E-state index in [1.807, 2.05) is 35.8 Å². The fourth-order valence-corrected chi connectivity index (χ4v) is 1.82. The Morgan fingerprint density at radius 3 is 2.78 bits per heavy atom. The zero-order chi connectivity index (χ0) is 12.3. The van der Waals surface area contributed by atoms with E-state index in [9.17, 15) is 4.79 Å². The quantitative estimate of drug-likeness (QED) is 0.886. The van der Waals surface area contributed by atoms with Crippen LogP contribution in [0, 0.1) is 0 Å². The number of nitrogens with one attached hydrogen (secondary N) is 2. The van der Waals surface area contributed by atoms with Gasteiger partial charge >= 0.3 is 0 Å². The number of aromatic nitrogens is 2. The molecule has 0 atom stereocenters. The van der Waals surface area contributed by atoms with Crippen molar-refractivity contribution in [2.24, 2.45) is 0 Å². The van der Waals surface area contributed by atoms with Crippen LogP contribution in [0.3, 0.4) is 0 Å². The summed E-state index contributed by atoms with van der Waals surface area (Å²) in [6, 6.07) is 7.85. The number of anilines is 1. The highest BCUT2D eigenvalue weighted by molar-refractivity contribution is 5.92. The second-order valence-electron chi connectivity index (χ2n) is 3.75. The van der Waals surface area contributed by atoms with Gasteiger partial charge in [0.2, 0.25) is 11.9 Å². The van der Waals surface area contributed by atoms with Gasteiger partial charge in [-0.2, -0.15) is 0 Å². The summed E-state index contributed by atoms with van der Waals surface area (Å²) < 4.78 is 1.99. The van der Waals surface area contributed by atoms with E-state index >= 15 is 0 Å². The highest BCUT2D eigenvalue weighted by atomic mass is 35.5. The molecule has 98 valence electrons. The van der Waals surface area contributed by atoms with E-state index in [0.717, 1.165) is 17.6 Å². The predicted octanol–water partition coefficient (Wildman–Crippen LogP) is 1.64. The molecule has 0 aliphatic heterocycles. The first-order valence-corrected chi connectivity index (χ1v) is 5.66. The molecular formula is C12H17ClN4O. The number of likely N-dealkylation sites (N-methyl/N-ethyl adjacent to an activating group) is 1. The highest BCUT2D eigenvalue weighted by Gasteiger charge is 2.10. The SMILES string of the molecule is CCn1c(NC(=O)CNC)nc2ccccc21.Cl. The summed E-state index contributed by atoms with van der Waals surface area (Å²) in [6.45, 7) is 3.09. The highest BCUT2D eigenvalue weighted by Crippen LogP contribution is 2.18. The van der Waals surface area contributed by atoms with E-state index in [1.54, 1.807) is 7.05 Å². The average Bonchev–Trinajstić information content (AvgIpc) is 2.66. The van der Waals surface area contributed by atoms with Crippen LogP contribution in [0.5, 0.6) is 0 Å². The number of rotatable bonds is 4. The van der Waals surface area contributed by atoms with Crippen LogP contribution < -0.4 is 10.6 Å². The third-order valence-corrected chi connectivity index (χ3v) is 2.56. The van der Waals surface area contributed by atoms with Crippen molar-refractivity contribution in [3.63, 3.8) is 0 Å². The first-order chi connectivity index (χ1) is 8.26. The lowest BCUT2D eigenvalue weighted by molar-refractivity contribution is -0.115. The molecule has 5 nitrogen and oxygen atoms in total. The average molecular weight is 269 g/mol. The molecule has 0 radical (unpaired) electrons. The molecule has 1 aromatic heterocycles. The molecule has 2 N–H and O–H groups in total. The number of nitrogens with zero attached hydrogens (tertiary/aromatic N) is 2. The Kier molecular flexibility index (Phi) is 5.12. The summed E-state index contributed by atoms with van der Waals surface area (Å²) >= 11 is 0. The van der Waals surface area contributed by atoms with Gasteiger partial charge in [0.05, 0.1) is 17.6 Å². The van der Waals surface area contributed by atoms with Gasteiger partial charge in [-0.05, 0) is 26.1 Å². The van der Waals surface area contributed by atoms with Crippen LogP contribution in [-0.4, -0.2) is 29.1 Å². The Bertz CT molecular complexity index is 538. The molecule has 6 heteroatoms. The van der Waals surface area contributed by atoms with E-state index in [1.165, 1.54) is 0 Å². The number of imidazole rings is 1. The number of benzene rings is 1. The summed E-state index contributed by atoms with van der Waals surface area (Å²) in [5.74, 6) is 0.520. The van der Waals surface area contributed by atoms with Crippen molar-refractivity contribution in [2.45, 2.75) is 13.5 Å². The van der Waals surface area contributed by atoms with Crippen LogP contribution in [0.25, 0.3) is 11.0 Å². The van der Waals surface area contributed by atoms with Gasteiger partial charge in [0.15, 0.2) is 0 Å². The number of para-hydroxylation sites is 2. The number of carbonyl (C=O) groups is 1. The molecule has 0 saturated heterocycles. The Balaban J connectivity index is 0.00000162. The second-order valence-corrected chi connectivity index (χ2v) is 3.75. The van der Waals surface area contributed by atoms with Crippen LogP contribution in [0.2, 0.25) is 0 Å². The molecular weight excluding hydrogens is 252 g/mol. The molecule has 2 aromatic rings. The van der Waals surface area contributed by atoms with E-state index in [2.05, 4.69) is 15.6 Å². The summed E-state index contributed by atoms with van der Waals surface area (Å²) in [5, 5.41) is 5.61. The lowest BCUT2D eigenvalue weighted by atomic mass is 10.3. The Morgan fingerprint density at radius 2 is 2.11 bits per heavy atom. The first-order valence-electron chi connectivity index (χ1n) is 5.66. The zero-order valence-electron chi connectivity index (χ0n) is 10.4. The maximum Gasteiger partial charge on any atom is 0.240 e. The van der Waals surface area contributed by atoms with Crippen LogP contribution in [0.4, 0.5) is 5.95 Å². The largest absolute Gasteiger partial charge is 0.311 e. The Hall–Kier alpha value is -1.59. The van der Waals surface area contributed by atoms with Gasteiger partial charge in [0.25, 0.3) is 0 Å². The normalized spacial score (nSPS) is 10.1. The number of fused-ring (bicyclic) bond motifs is 1. The van der Waals surface area contributed by atoms with E-state index in [-0.39, 0.29) is 24.9 Å². The molecule has 1 aromatic carbocycles. The topological polar surface area (TPSA) is 59.0 Å². The molecule has 0 unspecified atom stereocenters. The zero-order valence-corrected chi connectivity index (χ0v) is 11.3. The van der Waals surface area contributed by atoms with Gasteiger partial charge in [-0.1, -0.05) is 12.1 Å². The molecule has 0 fully saturated rings. The van der Waals surface area contributed by atoms with Crippen molar-refractivity contribution >= 4 is 35.3 Å². The molecule has 1 amide bonds. The van der Waals surface area contributed by atoms with Crippen molar-refractivity contribution in [3.05, 3.63) is 24.3 Å². The number of carbonyl (C=O) groups excluding carboxylic acids is 1. The molecule has 1 heterocycles. The lowest BCUT2D eigenvalue weighted by Gasteiger charge is -2.06. The third-order valence-electron chi connectivity index (χ3n) is 2.56. The number of aryl methyl sites for hydroxylation is 1. The molecule has 0 bridgehead atoms. The first kappa shape index (κ1) is 14.5. The minimum Gasteiger partial charge on any atom is -0.311 e. The van der Waals surface area contributed by atoms with Crippen molar-refractivity contribution < 1.29 is 4.79 Å². The minimum atomic E-state index is -0.0856. The number of halogens is 1. The number of hydrogen-bond donors (Lipinski definition) is 2. The van der Waals surface area contributed by atoms with E-state index in [4.69, 9.17) is 0 Å². The Labute approximate surface area is 112 Å². The van der Waals surface area contributed by atoms with Crippen LogP contribution in [-0.2, 0) is 11.3 Å². The van der Waals surface area contributed by atoms with Crippen LogP contribution >= 0.6 is 12.4 Å². The lowest BCUT2D eigenvalue weighted by Crippen LogP contribution is -2.26. The van der Waals surface area contributed by atoms with Gasteiger partial charge in [-0.3, -0.25) is 10.1 Å². The summed E-state index contributed by atoms with van der Waals surface area (Å²) in [7, 11) is 1.74. The molecule has 0 spiro atoms. The smallest absolute Gasteiger partial charge is 0.240 e. The molecule has 0 aliphatic rings. The standard InChI is InChI=1S/C12H16N4O.ClH/c1-3-16-10-7-5-4-6-9(10)14-12(16)15-11(17)8-13-2;/h4-7,13H,3,8H2,1-2H3,(H,14,15,17);1H. The fraction of sp³-hybridized carbons (Fsp3) is 0.333. The van der Waals surface area contributed by atoms with Crippen molar-refractivity contribution in [1.82, 2.24) is 14.9 Å². The second kappa shape index (κ2) is 6.37. The van der Waals surface area contributed by atoms with Gasteiger partial charge < -0.3 is 9.88 Å². The van der Waals surface area contributed by atoms with Crippen molar-refractivity contribution in [3.8, 4) is 0 Å². The molecule has 0 saturated carbocycles. The predicted molar refractivity (Wildman–Crippen MR) is 75.2 cm³/mol. The molecule has 2 rings (SSSR count). The van der Waals surface area contributed by atoms with Gasteiger partial charge in [0, 0.05) is 6.54 Å². The van der Waals surface area contributed by atoms with E-state index in [0.29, 0.717) is 5.95 Å². The third kappa shape index (κ3) is 2.80. The van der Waals surface area contributed by atoms with Crippen molar-refractivity contribution in [1.29, 1.82) is 0 Å². The Morgan fingerprint density at radius 1 is 1.39 bits per heavy atom. The van der Waals surface area contributed by atoms with Crippen LogP contribution in [0.1, 0.15) is 6.92 Å². The van der Waals surface area contributed by atoms with Crippen molar-refractivity contribution in [2.75, 3.05) is 18.9 Å². The summed E-state index contributed by atoms with van der Waals surface area (Å²) in [5.41, 5.74) is 1.93. The fourth-order valence-electron chi connectivity index (χ4n) is 1.82. The maximum atomic E-state index is 11.5. The van der Waals surface area contributed by atoms with Gasteiger partial charge in [-0.15, -0.1) is 12.4 Å².